The summed E-state index contributed by atoms with van der Waals surface area (Å²) < 4.78 is 2.27. The van der Waals surface area contributed by atoms with E-state index in [1.165, 1.54) is 32.2 Å². The summed E-state index contributed by atoms with van der Waals surface area (Å²) in [5.74, 6) is 0. The number of rotatable bonds is 6. The number of nitrogens with zero attached hydrogens (tertiary/aromatic N) is 2. The van der Waals surface area contributed by atoms with Gasteiger partial charge in [-0.15, -0.1) is 18.3 Å². The van der Waals surface area contributed by atoms with Gasteiger partial charge in [-0.1, -0.05) is 77.6 Å². The predicted molar refractivity (Wildman–Crippen MR) is 132 cm³/mol. The van der Waals surface area contributed by atoms with Gasteiger partial charge in [0.15, 0.2) is 4.80 Å². The van der Waals surface area contributed by atoms with Crippen LogP contribution in [0.4, 0.5) is 5.69 Å². The summed E-state index contributed by atoms with van der Waals surface area (Å²) in [6.07, 6.45) is 4.04. The number of thiazole rings is 1. The van der Waals surface area contributed by atoms with Crippen LogP contribution in [0.5, 0.6) is 0 Å². The molecule has 2 nitrogen and oxygen atoms in total. The van der Waals surface area contributed by atoms with E-state index in [0.29, 0.717) is 6.54 Å². The van der Waals surface area contributed by atoms with E-state index in [9.17, 15) is 0 Å². The third kappa shape index (κ3) is 4.35. The Hall–Kier alpha value is -2.82. The lowest BCUT2D eigenvalue weighted by atomic mass is 10.1. The normalized spacial score (nSPS) is 11.6. The van der Waals surface area contributed by atoms with Gasteiger partial charge in [-0.2, -0.15) is 0 Å². The number of hydrogen-bond acceptors (Lipinski definition) is 3. The molecule has 0 atom stereocenters. The second-order valence-corrected chi connectivity index (χ2v) is 8.86. The first-order valence-corrected chi connectivity index (χ1v) is 11.9. The van der Waals surface area contributed by atoms with E-state index in [2.05, 4.69) is 103 Å². The standard InChI is InChI=1S/C26H24N2S2/c1-4-18-28-24(20-12-16-23(29-3)17-13-20)25(21-8-6-5-7-9-21)30-26(28)27-22-14-10-19(2)11-15-22/h4-17H,1,18H2,2-3H3. The number of allylic oxidation sites excluding steroid dienone is 1. The van der Waals surface area contributed by atoms with Gasteiger partial charge in [0.1, 0.15) is 0 Å². The molecule has 0 N–H and O–H groups in total. The van der Waals surface area contributed by atoms with Crippen LogP contribution in [0.3, 0.4) is 0 Å². The maximum absolute atomic E-state index is 5.00. The number of thioether (sulfide) groups is 1. The van der Waals surface area contributed by atoms with E-state index >= 15 is 0 Å². The van der Waals surface area contributed by atoms with Crippen LogP contribution < -0.4 is 4.80 Å². The Morgan fingerprint density at radius 2 is 1.63 bits per heavy atom. The molecule has 0 saturated heterocycles. The van der Waals surface area contributed by atoms with Crippen molar-refractivity contribution in [3.05, 3.63) is 102 Å². The Kier molecular flexibility index (Phi) is 6.36. The molecule has 4 rings (SSSR count). The number of aryl methyl sites for hydroxylation is 1. The van der Waals surface area contributed by atoms with Gasteiger partial charge in [0, 0.05) is 11.4 Å². The molecule has 0 aliphatic heterocycles. The Morgan fingerprint density at radius 1 is 0.933 bits per heavy atom. The molecule has 0 spiro atoms. The predicted octanol–water partition coefficient (Wildman–Crippen LogP) is 7.33. The van der Waals surface area contributed by atoms with Crippen molar-refractivity contribution in [3.63, 3.8) is 0 Å². The fraction of sp³-hybridized carbons (Fsp3) is 0.115. The monoisotopic (exact) mass is 428 g/mol. The van der Waals surface area contributed by atoms with Crippen molar-refractivity contribution in [2.24, 2.45) is 4.99 Å². The van der Waals surface area contributed by atoms with Gasteiger partial charge in [0.05, 0.1) is 16.3 Å². The van der Waals surface area contributed by atoms with E-state index < -0.39 is 0 Å². The highest BCUT2D eigenvalue weighted by atomic mass is 32.2. The molecule has 30 heavy (non-hydrogen) atoms. The molecule has 0 aliphatic carbocycles. The Labute approximate surface area is 186 Å². The van der Waals surface area contributed by atoms with Gasteiger partial charge in [-0.3, -0.25) is 0 Å². The van der Waals surface area contributed by atoms with Gasteiger partial charge in [0.2, 0.25) is 0 Å². The molecule has 0 aliphatic rings. The highest BCUT2D eigenvalue weighted by Crippen LogP contribution is 2.35. The lowest BCUT2D eigenvalue weighted by Gasteiger charge is -2.10. The quantitative estimate of drug-likeness (QED) is 0.232. The van der Waals surface area contributed by atoms with Crippen LogP contribution in [0.2, 0.25) is 0 Å². The number of aromatic nitrogens is 1. The summed E-state index contributed by atoms with van der Waals surface area (Å²) in [6.45, 7) is 6.79. The zero-order chi connectivity index (χ0) is 20.9. The summed E-state index contributed by atoms with van der Waals surface area (Å²) in [5, 5.41) is 0. The van der Waals surface area contributed by atoms with Crippen LogP contribution in [-0.4, -0.2) is 10.8 Å². The Bertz CT molecular complexity index is 1200. The third-order valence-electron chi connectivity index (χ3n) is 4.88. The van der Waals surface area contributed by atoms with Crippen molar-refractivity contribution < 1.29 is 0 Å². The summed E-state index contributed by atoms with van der Waals surface area (Å²) in [7, 11) is 0. The van der Waals surface area contributed by atoms with Crippen molar-refractivity contribution in [1.29, 1.82) is 0 Å². The molecule has 0 radical (unpaired) electrons. The largest absolute Gasteiger partial charge is 0.312 e. The molecule has 0 unspecified atom stereocenters. The van der Waals surface area contributed by atoms with Gasteiger partial charge in [0.25, 0.3) is 0 Å². The topological polar surface area (TPSA) is 17.3 Å². The average Bonchev–Trinajstić information content (AvgIpc) is 3.14. The zero-order valence-corrected chi connectivity index (χ0v) is 18.8. The van der Waals surface area contributed by atoms with Gasteiger partial charge in [-0.05, 0) is 48.6 Å². The SMILES string of the molecule is C=CCn1c(-c2ccc(SC)cc2)c(-c2ccccc2)sc1=Nc1ccc(C)cc1. The lowest BCUT2D eigenvalue weighted by molar-refractivity contribution is 0.801. The molecule has 0 bridgehead atoms. The summed E-state index contributed by atoms with van der Waals surface area (Å²) >= 11 is 3.48. The molecule has 1 aromatic heterocycles. The van der Waals surface area contributed by atoms with Crippen LogP contribution in [-0.2, 0) is 6.54 Å². The smallest absolute Gasteiger partial charge is 0.191 e. The molecule has 0 saturated carbocycles. The van der Waals surface area contributed by atoms with E-state index in [1.54, 1.807) is 23.1 Å². The van der Waals surface area contributed by atoms with Crippen molar-refractivity contribution in [3.8, 4) is 21.7 Å². The number of hydrogen-bond donors (Lipinski definition) is 0. The lowest BCUT2D eigenvalue weighted by Crippen LogP contribution is -2.14. The zero-order valence-electron chi connectivity index (χ0n) is 17.2. The Balaban J connectivity index is 1.98. The van der Waals surface area contributed by atoms with Crippen LogP contribution in [0.1, 0.15) is 5.56 Å². The molecular weight excluding hydrogens is 404 g/mol. The molecule has 3 aromatic carbocycles. The van der Waals surface area contributed by atoms with E-state index in [4.69, 9.17) is 4.99 Å². The first-order valence-electron chi connectivity index (χ1n) is 9.85. The molecule has 0 amide bonds. The molecule has 150 valence electrons. The van der Waals surface area contributed by atoms with Crippen LogP contribution in [0.15, 0.2) is 101 Å². The van der Waals surface area contributed by atoms with Crippen molar-refractivity contribution >= 4 is 28.8 Å². The Morgan fingerprint density at radius 3 is 2.27 bits per heavy atom. The summed E-state index contributed by atoms with van der Waals surface area (Å²) in [4.78, 5) is 8.45. The minimum atomic E-state index is 0.702. The van der Waals surface area contributed by atoms with E-state index in [-0.39, 0.29) is 0 Å². The fourth-order valence-corrected chi connectivity index (χ4v) is 4.94. The summed E-state index contributed by atoms with van der Waals surface area (Å²) in [5.41, 5.74) is 5.77. The van der Waals surface area contributed by atoms with Crippen molar-refractivity contribution in [2.75, 3.05) is 6.26 Å². The van der Waals surface area contributed by atoms with Crippen LogP contribution in [0, 0.1) is 6.92 Å². The van der Waals surface area contributed by atoms with Crippen molar-refractivity contribution in [1.82, 2.24) is 4.57 Å². The first-order chi connectivity index (χ1) is 14.7. The molecule has 4 heteroatoms. The van der Waals surface area contributed by atoms with Crippen LogP contribution >= 0.6 is 23.1 Å². The second kappa shape index (κ2) is 9.33. The molecular formula is C26H24N2S2. The fourth-order valence-electron chi connectivity index (χ4n) is 3.35. The van der Waals surface area contributed by atoms with E-state index in [0.717, 1.165) is 10.5 Å². The average molecular weight is 429 g/mol. The minimum absolute atomic E-state index is 0.702. The van der Waals surface area contributed by atoms with Gasteiger partial charge >= 0.3 is 0 Å². The minimum Gasteiger partial charge on any atom is -0.312 e. The van der Waals surface area contributed by atoms with Crippen LogP contribution in [0.25, 0.3) is 21.7 Å². The van der Waals surface area contributed by atoms with Gasteiger partial charge < -0.3 is 4.57 Å². The van der Waals surface area contributed by atoms with Crippen molar-refractivity contribution in [2.45, 2.75) is 18.4 Å². The first kappa shape index (κ1) is 20.5. The maximum atomic E-state index is 5.00. The highest BCUT2D eigenvalue weighted by Gasteiger charge is 2.17. The highest BCUT2D eigenvalue weighted by molar-refractivity contribution is 7.98. The second-order valence-electron chi connectivity index (χ2n) is 7.00. The summed E-state index contributed by atoms with van der Waals surface area (Å²) in [6, 6.07) is 27.7. The maximum Gasteiger partial charge on any atom is 0.191 e. The molecule has 1 heterocycles. The van der Waals surface area contributed by atoms with Gasteiger partial charge in [-0.25, -0.2) is 4.99 Å². The third-order valence-corrected chi connectivity index (χ3v) is 6.75. The number of benzene rings is 3. The van der Waals surface area contributed by atoms with E-state index in [1.807, 2.05) is 6.08 Å². The molecule has 0 fully saturated rings. The molecule has 4 aromatic rings.